The maximum Gasteiger partial charge on any atom is 0.219 e. The fraction of sp³-hybridized carbons (Fsp3) is 0.771. The monoisotopic (exact) mass is 579 g/mol. The minimum Gasteiger partial charge on any atom is -0.356 e. The van der Waals surface area contributed by atoms with Gasteiger partial charge in [-0.1, -0.05) is 107 Å². The number of rotatable bonds is 27. The molecule has 0 fully saturated rings. The molecule has 1 amide bonds. The average Bonchev–Trinajstić information content (AvgIpc) is 3.45. The molecule has 1 aliphatic heterocycles. The van der Waals surface area contributed by atoms with Crippen LogP contribution in [0.1, 0.15) is 148 Å². The van der Waals surface area contributed by atoms with Crippen LogP contribution < -0.4 is 5.32 Å². The first-order valence-electron chi connectivity index (χ1n) is 17.0. The van der Waals surface area contributed by atoms with Gasteiger partial charge in [-0.05, 0) is 55.9 Å². The van der Waals surface area contributed by atoms with E-state index in [2.05, 4.69) is 74.8 Å². The highest BCUT2D eigenvalue weighted by Gasteiger charge is 2.12. The molecule has 1 aliphatic rings. The number of amides is 1. The maximum atomic E-state index is 12.1. The van der Waals surface area contributed by atoms with Crippen LogP contribution in [0.15, 0.2) is 17.5 Å². The van der Waals surface area contributed by atoms with Crippen LogP contribution in [0.3, 0.4) is 0 Å². The Morgan fingerprint density at radius 3 is 1.81 bits per heavy atom. The number of hydrogen-bond acceptors (Lipinski definition) is 4. The van der Waals surface area contributed by atoms with Crippen molar-refractivity contribution in [1.29, 1.82) is 0 Å². The van der Waals surface area contributed by atoms with E-state index >= 15 is 0 Å². The summed E-state index contributed by atoms with van der Waals surface area (Å²) < 4.78 is 0. The summed E-state index contributed by atoms with van der Waals surface area (Å²) in [6.45, 7) is 7.46. The second-order valence-electron chi connectivity index (χ2n) is 11.4. The van der Waals surface area contributed by atoms with Gasteiger partial charge in [-0.3, -0.25) is 4.79 Å². The normalized spacial score (nSPS) is 11.9. The molecule has 1 radical (unpaired) electrons. The lowest BCUT2D eigenvalue weighted by Crippen LogP contribution is -2.27. The molecule has 42 heavy (non-hydrogen) atoms. The zero-order valence-corrected chi connectivity index (χ0v) is 26.8. The third-order valence-electron chi connectivity index (χ3n) is 7.50. The highest BCUT2D eigenvalue weighted by atomic mass is 16.1. The minimum absolute atomic E-state index is 0.169. The molecule has 1 heterocycles. The lowest BCUT2D eigenvalue weighted by molar-refractivity contribution is -0.121. The molecule has 1 N–H and O–H groups in total. The summed E-state index contributed by atoms with van der Waals surface area (Å²) in [4.78, 5) is 19.2. The van der Waals surface area contributed by atoms with Crippen LogP contribution in [0.5, 0.6) is 0 Å². The van der Waals surface area contributed by atoms with Crippen molar-refractivity contribution in [1.82, 2.24) is 15.1 Å². The van der Waals surface area contributed by atoms with Crippen molar-refractivity contribution in [2.24, 2.45) is 5.11 Å². The van der Waals surface area contributed by atoms with Crippen LogP contribution in [0, 0.1) is 30.4 Å². The Kier molecular flexibility index (Phi) is 26.4. The van der Waals surface area contributed by atoms with Crippen molar-refractivity contribution in [3.05, 3.63) is 29.5 Å². The summed E-state index contributed by atoms with van der Waals surface area (Å²) in [5.74, 6) is 12.6. The smallest absolute Gasteiger partial charge is 0.219 e. The highest BCUT2D eigenvalue weighted by Crippen LogP contribution is 2.13. The Hall–Kier alpha value is -2.76. The van der Waals surface area contributed by atoms with Crippen molar-refractivity contribution in [2.75, 3.05) is 26.2 Å². The van der Waals surface area contributed by atoms with Crippen LogP contribution in [-0.2, 0) is 4.79 Å². The summed E-state index contributed by atoms with van der Waals surface area (Å²) in [6, 6.07) is 0. The average molecular weight is 580 g/mol. The fourth-order valence-electron chi connectivity index (χ4n) is 4.92. The molecule has 0 saturated carbocycles. The van der Waals surface area contributed by atoms with Gasteiger partial charge in [0.05, 0.1) is 0 Å². The van der Waals surface area contributed by atoms with Gasteiger partial charge < -0.3 is 15.1 Å². The van der Waals surface area contributed by atoms with Crippen molar-refractivity contribution in [3.63, 3.8) is 0 Å². The molecule has 0 aromatic heterocycles. The molecule has 0 saturated heterocycles. The van der Waals surface area contributed by atoms with Crippen LogP contribution >= 0.6 is 0 Å². The second kappa shape index (κ2) is 29.7. The van der Waals surface area contributed by atoms with Gasteiger partial charge in [0.15, 0.2) is 0 Å². The Balaban J connectivity index is 1.82. The molecule has 0 unspecified atom stereocenters. The van der Waals surface area contributed by atoms with Gasteiger partial charge in [0.1, 0.15) is 6.67 Å². The van der Waals surface area contributed by atoms with Gasteiger partial charge in [-0.2, -0.15) is 0 Å². The predicted molar refractivity (Wildman–Crippen MR) is 177 cm³/mol. The summed E-state index contributed by atoms with van der Waals surface area (Å²) in [5.41, 5.74) is 8.30. The quantitative estimate of drug-likeness (QED) is 0.0346. The first-order valence-corrected chi connectivity index (χ1v) is 17.0. The van der Waals surface area contributed by atoms with E-state index in [9.17, 15) is 4.79 Å². The van der Waals surface area contributed by atoms with Crippen molar-refractivity contribution in [2.45, 2.75) is 148 Å². The minimum atomic E-state index is 0.169. The molecule has 0 aliphatic carbocycles. The van der Waals surface area contributed by atoms with Crippen molar-refractivity contribution < 1.29 is 4.79 Å². The molecule has 7 heteroatoms. The SMILES string of the molecule is CCCCCCCCCCCCC#CC#CCCCCCCCCC(=O)NCCCN1[CH]N(CCCCN=[N+]=[N-])C=C1. The second-order valence-corrected chi connectivity index (χ2v) is 11.4. The molecule has 0 bridgehead atoms. The van der Waals surface area contributed by atoms with Crippen LogP contribution in [0.25, 0.3) is 10.4 Å². The topological polar surface area (TPSA) is 84.3 Å². The molecule has 0 spiro atoms. The van der Waals surface area contributed by atoms with E-state index in [1.807, 2.05) is 0 Å². The number of nitrogens with one attached hydrogen (secondary N) is 1. The Morgan fingerprint density at radius 1 is 0.714 bits per heavy atom. The van der Waals surface area contributed by atoms with Gasteiger partial charge in [0.2, 0.25) is 5.91 Å². The first kappa shape index (κ1) is 37.3. The van der Waals surface area contributed by atoms with E-state index < -0.39 is 0 Å². The highest BCUT2D eigenvalue weighted by molar-refractivity contribution is 5.75. The van der Waals surface area contributed by atoms with E-state index in [4.69, 9.17) is 5.53 Å². The molecule has 1 rings (SSSR count). The number of azide groups is 1. The van der Waals surface area contributed by atoms with Gasteiger partial charge in [-0.15, -0.1) is 0 Å². The Labute approximate surface area is 258 Å². The Morgan fingerprint density at radius 2 is 1.24 bits per heavy atom. The summed E-state index contributed by atoms with van der Waals surface area (Å²) in [6.07, 6.45) is 30.0. The maximum absolute atomic E-state index is 12.1. The van der Waals surface area contributed by atoms with Crippen LogP contribution in [-0.4, -0.2) is 41.9 Å². The number of carbonyl (C=O) groups is 1. The first-order chi connectivity index (χ1) is 20.8. The number of hydrogen-bond donors (Lipinski definition) is 1. The molecule has 0 atom stereocenters. The van der Waals surface area contributed by atoms with Crippen molar-refractivity contribution >= 4 is 5.91 Å². The van der Waals surface area contributed by atoms with E-state index in [0.717, 1.165) is 64.5 Å². The molecule has 0 aromatic carbocycles. The summed E-state index contributed by atoms with van der Waals surface area (Å²) >= 11 is 0. The van der Waals surface area contributed by atoms with Gasteiger partial charge in [0, 0.05) is 62.8 Å². The third kappa shape index (κ3) is 25.0. The van der Waals surface area contributed by atoms with Gasteiger partial charge in [0.25, 0.3) is 0 Å². The van der Waals surface area contributed by atoms with E-state index in [0.29, 0.717) is 19.5 Å². The van der Waals surface area contributed by atoms with E-state index in [1.54, 1.807) is 0 Å². The van der Waals surface area contributed by atoms with Crippen LogP contribution in [0.2, 0.25) is 0 Å². The lowest BCUT2D eigenvalue weighted by atomic mass is 10.1. The summed E-state index contributed by atoms with van der Waals surface area (Å²) in [7, 11) is 0. The third-order valence-corrected chi connectivity index (χ3v) is 7.50. The number of carbonyl (C=O) groups excluding carboxylic acids is 1. The molecular weight excluding hydrogens is 520 g/mol. The molecule has 7 nitrogen and oxygen atoms in total. The molecule has 235 valence electrons. The van der Waals surface area contributed by atoms with Gasteiger partial charge >= 0.3 is 0 Å². The van der Waals surface area contributed by atoms with E-state index in [-0.39, 0.29) is 5.91 Å². The molecule has 0 aromatic rings. The predicted octanol–water partition coefficient (Wildman–Crippen LogP) is 9.23. The summed E-state index contributed by atoms with van der Waals surface area (Å²) in [5, 5.41) is 6.61. The molecular formula is C35H59N6O. The van der Waals surface area contributed by atoms with Crippen molar-refractivity contribution in [3.8, 4) is 23.7 Å². The zero-order valence-electron chi connectivity index (χ0n) is 26.8. The standard InChI is InChI=1S/C35H59N6O/c1-2-3-4-5-6-7-8-9-10-11-12-13-14-15-16-17-18-19-20-21-22-23-27-35(42)37-28-26-31-41-33-32-40(34-41)30-25-24-29-38-39-36/h32-34H,2-12,17-31H2,1H3,(H,37,42). The zero-order chi connectivity index (χ0) is 30.2. The fourth-order valence-corrected chi connectivity index (χ4v) is 4.92. The largest absolute Gasteiger partial charge is 0.356 e. The van der Waals surface area contributed by atoms with Crippen LogP contribution in [0.4, 0.5) is 0 Å². The lowest BCUT2D eigenvalue weighted by Gasteiger charge is -2.20. The number of unbranched alkanes of at least 4 members (excludes halogenated alkanes) is 17. The Bertz CT molecular complexity index is 858. The number of nitrogens with zero attached hydrogens (tertiary/aromatic N) is 5. The van der Waals surface area contributed by atoms with E-state index in [1.165, 1.54) is 83.5 Å². The van der Waals surface area contributed by atoms with Gasteiger partial charge in [-0.25, -0.2) is 0 Å².